The van der Waals surface area contributed by atoms with Crippen LogP contribution in [0.3, 0.4) is 0 Å². The molecule has 0 saturated heterocycles. The van der Waals surface area contributed by atoms with E-state index in [0.29, 0.717) is 12.0 Å². The molecule has 0 spiro atoms. The molecule has 0 aliphatic carbocycles. The first-order valence-electron chi connectivity index (χ1n) is 10.2. The molecule has 3 atom stereocenters. The Bertz CT molecular complexity index is 1170. The third-order valence-corrected chi connectivity index (χ3v) is 6.91. The van der Waals surface area contributed by atoms with Gasteiger partial charge in [0.2, 0.25) is 21.6 Å². The van der Waals surface area contributed by atoms with Crippen molar-refractivity contribution in [3.8, 4) is 0 Å². The Hall–Kier alpha value is -3.28. The number of aliphatic hydroxyl groups is 1. The van der Waals surface area contributed by atoms with Gasteiger partial charge >= 0.3 is 5.97 Å². The number of benzene rings is 2. The molecule has 2 amide bonds. The molecule has 4 N–H and O–H groups in total. The number of sulfonamides is 1. The fourth-order valence-electron chi connectivity index (χ4n) is 4.10. The minimum Gasteiger partial charge on any atom is -0.478 e. The van der Waals surface area contributed by atoms with Gasteiger partial charge in [-0.05, 0) is 37.1 Å². The van der Waals surface area contributed by atoms with Crippen molar-refractivity contribution in [2.75, 3.05) is 6.54 Å². The summed E-state index contributed by atoms with van der Waals surface area (Å²) in [6.45, 7) is 2.25. The highest BCUT2D eigenvalue weighted by molar-refractivity contribution is 7.89. The number of carbonyl (C=O) groups is 3. The van der Waals surface area contributed by atoms with E-state index < -0.39 is 45.6 Å². The molecule has 1 heterocycles. The van der Waals surface area contributed by atoms with E-state index in [0.717, 1.165) is 17.4 Å². The van der Waals surface area contributed by atoms with E-state index in [1.165, 1.54) is 31.2 Å². The summed E-state index contributed by atoms with van der Waals surface area (Å²) in [5, 5.41) is 23.0. The quantitative estimate of drug-likeness (QED) is 0.401. The minimum atomic E-state index is -4.50. The van der Waals surface area contributed by atoms with Gasteiger partial charge in [-0.2, -0.15) is 4.72 Å². The van der Waals surface area contributed by atoms with Crippen molar-refractivity contribution in [2.24, 2.45) is 0 Å². The van der Waals surface area contributed by atoms with E-state index in [9.17, 15) is 33.0 Å². The Kier molecular flexibility index (Phi) is 6.86. The molecule has 1 aliphatic heterocycles. The average molecular weight is 476 g/mol. The predicted molar refractivity (Wildman–Crippen MR) is 118 cm³/mol. The number of aliphatic hydroxyl groups excluding tert-OH is 1. The summed E-state index contributed by atoms with van der Waals surface area (Å²) in [7, 11) is -4.50. The van der Waals surface area contributed by atoms with Crippen molar-refractivity contribution < 1.29 is 33.0 Å². The molecule has 176 valence electrons. The lowest BCUT2D eigenvalue weighted by molar-refractivity contribution is -0.154. The second kappa shape index (κ2) is 9.30. The maximum Gasteiger partial charge on any atom is 0.348 e. The van der Waals surface area contributed by atoms with Gasteiger partial charge in [0.05, 0.1) is 11.0 Å². The Morgan fingerprint density at radius 2 is 1.70 bits per heavy atom. The Labute approximate surface area is 191 Å². The van der Waals surface area contributed by atoms with Crippen molar-refractivity contribution in [3.05, 3.63) is 65.7 Å². The summed E-state index contributed by atoms with van der Waals surface area (Å²) >= 11 is 0. The molecule has 3 unspecified atom stereocenters. The van der Waals surface area contributed by atoms with E-state index in [-0.39, 0.29) is 11.4 Å². The number of rotatable bonds is 8. The van der Waals surface area contributed by atoms with Gasteiger partial charge in [0.25, 0.3) is 5.91 Å². The standard InChI is InChI=1S/C22H25N3O7S/c1-14(26)19(25-13-12-16-8-6-7-11-18(16)20(25)28)22(21(29)30,23-15(2)27)24-33(31,32)17-9-4-3-5-10-17/h3-11,14,19,24,26H,12-13H2,1-2H3,(H,23,27)(H,29,30). The molecule has 2 aromatic rings. The summed E-state index contributed by atoms with van der Waals surface area (Å²) in [5.74, 6) is -3.24. The van der Waals surface area contributed by atoms with Crippen molar-refractivity contribution in [3.63, 3.8) is 0 Å². The highest BCUT2D eigenvalue weighted by Gasteiger charge is 2.56. The second-order valence-corrected chi connectivity index (χ2v) is 9.49. The zero-order valence-corrected chi connectivity index (χ0v) is 18.9. The van der Waals surface area contributed by atoms with Crippen LogP contribution in [0.25, 0.3) is 0 Å². The van der Waals surface area contributed by atoms with Gasteiger partial charge < -0.3 is 20.4 Å². The van der Waals surface area contributed by atoms with E-state index in [1.54, 1.807) is 30.3 Å². The molecule has 0 radical (unpaired) electrons. The summed E-state index contributed by atoms with van der Waals surface area (Å²) in [6, 6.07) is 12.1. The summed E-state index contributed by atoms with van der Waals surface area (Å²) in [5.41, 5.74) is -1.70. The monoisotopic (exact) mass is 475 g/mol. The molecule has 33 heavy (non-hydrogen) atoms. The number of carboxylic acids is 1. The number of fused-ring (bicyclic) bond motifs is 1. The lowest BCUT2D eigenvalue weighted by Crippen LogP contribution is -2.77. The number of nitrogens with zero attached hydrogens (tertiary/aromatic N) is 1. The van der Waals surface area contributed by atoms with E-state index in [4.69, 9.17) is 0 Å². The summed E-state index contributed by atoms with van der Waals surface area (Å²) in [6.07, 6.45) is -1.19. The number of carbonyl (C=O) groups excluding carboxylic acids is 2. The van der Waals surface area contributed by atoms with Crippen LogP contribution in [-0.2, 0) is 26.0 Å². The average Bonchev–Trinajstić information content (AvgIpc) is 2.75. The molecule has 2 aromatic carbocycles. The Morgan fingerprint density at radius 3 is 2.27 bits per heavy atom. The van der Waals surface area contributed by atoms with Gasteiger partial charge in [0.1, 0.15) is 6.04 Å². The molecular weight excluding hydrogens is 450 g/mol. The van der Waals surface area contributed by atoms with E-state index in [1.807, 2.05) is 0 Å². The number of amides is 2. The van der Waals surface area contributed by atoms with Gasteiger partial charge in [-0.15, -0.1) is 0 Å². The van der Waals surface area contributed by atoms with Crippen LogP contribution in [0.4, 0.5) is 0 Å². The highest BCUT2D eigenvalue weighted by atomic mass is 32.2. The predicted octanol–water partition coefficient (Wildman–Crippen LogP) is 0.330. The van der Waals surface area contributed by atoms with Crippen LogP contribution < -0.4 is 10.0 Å². The fourth-order valence-corrected chi connectivity index (χ4v) is 5.41. The van der Waals surface area contributed by atoms with Crippen LogP contribution >= 0.6 is 0 Å². The van der Waals surface area contributed by atoms with E-state index >= 15 is 0 Å². The first-order chi connectivity index (χ1) is 15.5. The lowest BCUT2D eigenvalue weighted by Gasteiger charge is -2.46. The smallest absolute Gasteiger partial charge is 0.348 e. The number of hydrogen-bond acceptors (Lipinski definition) is 6. The largest absolute Gasteiger partial charge is 0.478 e. The molecule has 0 saturated carbocycles. The fraction of sp³-hybridized carbons (Fsp3) is 0.318. The first kappa shape index (κ1) is 24.4. The first-order valence-corrected chi connectivity index (χ1v) is 11.7. The van der Waals surface area contributed by atoms with Crippen LogP contribution in [0, 0.1) is 0 Å². The normalized spacial score (nSPS) is 17.4. The highest BCUT2D eigenvalue weighted by Crippen LogP contribution is 2.28. The van der Waals surface area contributed by atoms with Gasteiger partial charge in [-0.25, -0.2) is 13.2 Å². The Morgan fingerprint density at radius 1 is 1.09 bits per heavy atom. The zero-order valence-electron chi connectivity index (χ0n) is 18.1. The molecule has 0 bridgehead atoms. The minimum absolute atomic E-state index is 0.00704. The van der Waals surface area contributed by atoms with Crippen molar-refractivity contribution >= 4 is 27.8 Å². The van der Waals surface area contributed by atoms with Gasteiger partial charge in [-0.1, -0.05) is 36.4 Å². The van der Waals surface area contributed by atoms with Crippen molar-refractivity contribution in [2.45, 2.75) is 43.0 Å². The molecule has 10 nitrogen and oxygen atoms in total. The molecule has 0 fully saturated rings. The SMILES string of the molecule is CC(=O)NC(NS(=O)(=O)c1ccccc1)(C(=O)O)C(C(C)O)N1CCc2ccccc2C1=O. The number of nitrogens with one attached hydrogen (secondary N) is 2. The van der Waals surface area contributed by atoms with Crippen LogP contribution in [0.15, 0.2) is 59.5 Å². The maximum atomic E-state index is 13.3. The van der Waals surface area contributed by atoms with Crippen LogP contribution in [0.1, 0.15) is 29.8 Å². The van der Waals surface area contributed by atoms with E-state index in [2.05, 4.69) is 10.0 Å². The van der Waals surface area contributed by atoms with Gasteiger partial charge in [-0.3, -0.25) is 9.59 Å². The topological polar surface area (TPSA) is 153 Å². The maximum absolute atomic E-state index is 13.3. The molecule has 1 aliphatic rings. The third kappa shape index (κ3) is 4.75. The zero-order chi connectivity index (χ0) is 24.4. The second-order valence-electron chi connectivity index (χ2n) is 7.80. The number of hydrogen-bond donors (Lipinski definition) is 4. The third-order valence-electron chi connectivity index (χ3n) is 5.43. The lowest BCUT2D eigenvalue weighted by atomic mass is 9.90. The van der Waals surface area contributed by atoms with Crippen molar-refractivity contribution in [1.29, 1.82) is 0 Å². The Balaban J connectivity index is 2.16. The van der Waals surface area contributed by atoms with Crippen molar-refractivity contribution in [1.82, 2.24) is 14.9 Å². The van der Waals surface area contributed by atoms with Crippen LogP contribution in [0.2, 0.25) is 0 Å². The van der Waals surface area contributed by atoms with Gasteiger partial charge in [0, 0.05) is 19.0 Å². The number of carboxylic acid groups (broad SMARTS) is 1. The van der Waals surface area contributed by atoms with Crippen LogP contribution in [-0.4, -0.2) is 65.7 Å². The number of aliphatic carboxylic acids is 1. The molecule has 3 rings (SSSR count). The summed E-state index contributed by atoms with van der Waals surface area (Å²) in [4.78, 5) is 38.8. The molecule has 11 heteroatoms. The van der Waals surface area contributed by atoms with Crippen LogP contribution in [0.5, 0.6) is 0 Å². The summed E-state index contributed by atoms with van der Waals surface area (Å²) < 4.78 is 28.3. The molecule has 0 aromatic heterocycles. The molecular formula is C22H25N3O7S. The van der Waals surface area contributed by atoms with Gasteiger partial charge in [0.15, 0.2) is 0 Å².